The Hall–Kier alpha value is -1.76. The molecule has 0 unspecified atom stereocenters. The fourth-order valence-corrected chi connectivity index (χ4v) is 2.35. The lowest BCUT2D eigenvalue weighted by molar-refractivity contribution is 0.102. The average Bonchev–Trinajstić information content (AvgIpc) is 2.49. The van der Waals surface area contributed by atoms with E-state index in [9.17, 15) is 4.79 Å². The summed E-state index contributed by atoms with van der Waals surface area (Å²) in [5, 5.41) is 2.89. The molecule has 1 N–H and O–H groups in total. The van der Waals surface area contributed by atoms with Crippen molar-refractivity contribution in [2.75, 3.05) is 19.5 Å². The van der Waals surface area contributed by atoms with E-state index < -0.39 is 0 Å². The van der Waals surface area contributed by atoms with E-state index in [1.807, 2.05) is 25.1 Å². The van der Waals surface area contributed by atoms with Crippen LogP contribution in [-0.2, 0) is 0 Å². The van der Waals surface area contributed by atoms with Crippen LogP contribution < -0.4 is 14.8 Å². The first kappa shape index (κ1) is 15.6. The first-order valence-electron chi connectivity index (χ1n) is 6.34. The zero-order chi connectivity index (χ0) is 15.4. The van der Waals surface area contributed by atoms with Gasteiger partial charge in [0.05, 0.1) is 19.9 Å². The van der Waals surface area contributed by atoms with E-state index in [0.717, 1.165) is 14.8 Å². The highest BCUT2D eigenvalue weighted by atomic mass is 127. The Morgan fingerprint density at radius 1 is 1.10 bits per heavy atom. The predicted molar refractivity (Wildman–Crippen MR) is 91.4 cm³/mol. The number of halogens is 1. The van der Waals surface area contributed by atoms with E-state index in [1.165, 1.54) is 0 Å². The summed E-state index contributed by atoms with van der Waals surface area (Å²) in [5.41, 5.74) is 2.26. The molecule has 0 heterocycles. The molecule has 0 saturated carbocycles. The van der Waals surface area contributed by atoms with Crippen LogP contribution in [0.4, 0.5) is 5.69 Å². The number of methoxy groups -OCH3 is 2. The molecule has 2 rings (SSSR count). The Labute approximate surface area is 137 Å². The first-order chi connectivity index (χ1) is 10.0. The Morgan fingerprint density at radius 3 is 2.52 bits per heavy atom. The molecule has 0 saturated heterocycles. The molecule has 0 spiro atoms. The van der Waals surface area contributed by atoms with Gasteiger partial charge < -0.3 is 14.8 Å². The Bertz CT molecular complexity index is 671. The summed E-state index contributed by atoms with van der Waals surface area (Å²) in [7, 11) is 3.19. The van der Waals surface area contributed by atoms with Gasteiger partial charge in [0.15, 0.2) is 0 Å². The zero-order valence-electron chi connectivity index (χ0n) is 12.1. The topological polar surface area (TPSA) is 47.6 Å². The number of anilines is 1. The lowest BCUT2D eigenvalue weighted by Crippen LogP contribution is -2.13. The molecule has 2 aromatic carbocycles. The second-order valence-corrected chi connectivity index (χ2v) is 5.65. The third kappa shape index (κ3) is 3.66. The number of amides is 1. The summed E-state index contributed by atoms with van der Waals surface area (Å²) >= 11 is 2.17. The molecule has 2 aromatic rings. The maximum absolute atomic E-state index is 12.3. The SMILES string of the molecule is COc1ccc(I)c(NC(=O)c2ccc(C)c(OC)c2)c1. The highest BCUT2D eigenvalue weighted by molar-refractivity contribution is 14.1. The van der Waals surface area contributed by atoms with Gasteiger partial charge in [-0.25, -0.2) is 0 Å². The standard InChI is InChI=1S/C16H16INO3/c1-10-4-5-11(8-15(10)21-3)16(19)18-14-9-12(20-2)6-7-13(14)17/h4-9H,1-3H3,(H,18,19). The number of nitrogens with one attached hydrogen (secondary N) is 1. The van der Waals surface area contributed by atoms with Crippen molar-refractivity contribution >= 4 is 34.2 Å². The highest BCUT2D eigenvalue weighted by Crippen LogP contribution is 2.25. The van der Waals surface area contributed by atoms with Crippen molar-refractivity contribution in [3.05, 3.63) is 51.1 Å². The minimum Gasteiger partial charge on any atom is -0.497 e. The van der Waals surface area contributed by atoms with Crippen LogP contribution >= 0.6 is 22.6 Å². The Kier molecular flexibility index (Phi) is 5.06. The van der Waals surface area contributed by atoms with Gasteiger partial charge in [-0.3, -0.25) is 4.79 Å². The molecule has 0 atom stereocenters. The molecule has 0 aliphatic rings. The summed E-state index contributed by atoms with van der Waals surface area (Å²) in [5.74, 6) is 1.22. The Balaban J connectivity index is 2.25. The number of carbonyl (C=O) groups excluding carboxylic acids is 1. The lowest BCUT2D eigenvalue weighted by atomic mass is 10.1. The van der Waals surface area contributed by atoms with Crippen LogP contribution in [0.25, 0.3) is 0 Å². The molecule has 1 amide bonds. The second-order valence-electron chi connectivity index (χ2n) is 4.48. The molecule has 0 radical (unpaired) electrons. The minimum absolute atomic E-state index is 0.181. The quantitative estimate of drug-likeness (QED) is 0.797. The minimum atomic E-state index is -0.181. The van der Waals surface area contributed by atoms with Gasteiger partial charge in [-0.1, -0.05) is 6.07 Å². The van der Waals surface area contributed by atoms with Crippen molar-refractivity contribution in [3.8, 4) is 11.5 Å². The van der Waals surface area contributed by atoms with Crippen LogP contribution in [0.5, 0.6) is 11.5 Å². The Morgan fingerprint density at radius 2 is 1.86 bits per heavy atom. The fourth-order valence-electron chi connectivity index (χ4n) is 1.88. The monoisotopic (exact) mass is 397 g/mol. The number of ether oxygens (including phenoxy) is 2. The van der Waals surface area contributed by atoms with Crippen LogP contribution in [0.3, 0.4) is 0 Å². The number of rotatable bonds is 4. The highest BCUT2D eigenvalue weighted by Gasteiger charge is 2.11. The molecule has 0 aliphatic carbocycles. The third-order valence-electron chi connectivity index (χ3n) is 3.09. The van der Waals surface area contributed by atoms with Crippen LogP contribution in [0.1, 0.15) is 15.9 Å². The van der Waals surface area contributed by atoms with E-state index >= 15 is 0 Å². The molecule has 5 heteroatoms. The van der Waals surface area contributed by atoms with Crippen molar-refractivity contribution in [2.45, 2.75) is 6.92 Å². The first-order valence-corrected chi connectivity index (χ1v) is 7.42. The molecular formula is C16H16INO3. The normalized spacial score (nSPS) is 10.1. The van der Waals surface area contributed by atoms with Crippen molar-refractivity contribution in [1.29, 1.82) is 0 Å². The summed E-state index contributed by atoms with van der Waals surface area (Å²) in [4.78, 5) is 12.3. The smallest absolute Gasteiger partial charge is 0.255 e. The molecule has 0 bridgehead atoms. The predicted octanol–water partition coefficient (Wildman–Crippen LogP) is 3.87. The molecule has 0 fully saturated rings. The van der Waals surface area contributed by atoms with E-state index in [2.05, 4.69) is 27.9 Å². The maximum atomic E-state index is 12.3. The maximum Gasteiger partial charge on any atom is 0.255 e. The second kappa shape index (κ2) is 6.80. The van der Waals surface area contributed by atoms with Crippen LogP contribution in [0, 0.1) is 10.5 Å². The van der Waals surface area contributed by atoms with Crippen LogP contribution in [-0.4, -0.2) is 20.1 Å². The van der Waals surface area contributed by atoms with Gasteiger partial charge in [0, 0.05) is 15.2 Å². The van der Waals surface area contributed by atoms with Gasteiger partial charge in [-0.05, 0) is 59.3 Å². The summed E-state index contributed by atoms with van der Waals surface area (Å²) in [6.45, 7) is 1.94. The average molecular weight is 397 g/mol. The van der Waals surface area contributed by atoms with E-state index in [1.54, 1.807) is 32.4 Å². The molecule has 21 heavy (non-hydrogen) atoms. The summed E-state index contributed by atoms with van der Waals surface area (Å²) in [6.07, 6.45) is 0. The van der Waals surface area contributed by atoms with E-state index in [4.69, 9.17) is 9.47 Å². The molecule has 0 aliphatic heterocycles. The van der Waals surface area contributed by atoms with Crippen molar-refractivity contribution in [1.82, 2.24) is 0 Å². The molecule has 4 nitrogen and oxygen atoms in total. The van der Waals surface area contributed by atoms with Crippen molar-refractivity contribution < 1.29 is 14.3 Å². The van der Waals surface area contributed by atoms with Gasteiger partial charge in [0.2, 0.25) is 0 Å². The van der Waals surface area contributed by atoms with Gasteiger partial charge in [-0.2, -0.15) is 0 Å². The third-order valence-corrected chi connectivity index (χ3v) is 4.03. The molecular weight excluding hydrogens is 381 g/mol. The molecule has 0 aromatic heterocycles. The number of aryl methyl sites for hydroxylation is 1. The number of carbonyl (C=O) groups is 1. The van der Waals surface area contributed by atoms with E-state index in [-0.39, 0.29) is 5.91 Å². The summed E-state index contributed by atoms with van der Waals surface area (Å²) < 4.78 is 11.4. The van der Waals surface area contributed by atoms with Gasteiger partial charge in [-0.15, -0.1) is 0 Å². The zero-order valence-corrected chi connectivity index (χ0v) is 14.2. The van der Waals surface area contributed by atoms with Crippen LogP contribution in [0.2, 0.25) is 0 Å². The van der Waals surface area contributed by atoms with Crippen molar-refractivity contribution in [2.24, 2.45) is 0 Å². The number of hydrogen-bond acceptors (Lipinski definition) is 3. The number of hydrogen-bond donors (Lipinski definition) is 1. The van der Waals surface area contributed by atoms with Gasteiger partial charge in [0.25, 0.3) is 5.91 Å². The number of benzene rings is 2. The van der Waals surface area contributed by atoms with Gasteiger partial charge in [0.1, 0.15) is 11.5 Å². The lowest BCUT2D eigenvalue weighted by Gasteiger charge is -2.11. The van der Waals surface area contributed by atoms with Crippen LogP contribution in [0.15, 0.2) is 36.4 Å². The van der Waals surface area contributed by atoms with Gasteiger partial charge >= 0.3 is 0 Å². The molecule has 110 valence electrons. The van der Waals surface area contributed by atoms with Crippen molar-refractivity contribution in [3.63, 3.8) is 0 Å². The fraction of sp³-hybridized carbons (Fsp3) is 0.188. The van der Waals surface area contributed by atoms with E-state index in [0.29, 0.717) is 17.1 Å². The largest absolute Gasteiger partial charge is 0.497 e. The summed E-state index contributed by atoms with van der Waals surface area (Å²) in [6, 6.07) is 10.9.